The molecule has 0 saturated carbocycles. The molecule has 0 atom stereocenters. The van der Waals surface area contributed by atoms with Crippen molar-refractivity contribution in [3.8, 4) is 0 Å². The van der Waals surface area contributed by atoms with Gasteiger partial charge in [0.25, 0.3) is 0 Å². The van der Waals surface area contributed by atoms with Crippen molar-refractivity contribution in [3.05, 3.63) is 0 Å². The van der Waals surface area contributed by atoms with Gasteiger partial charge in [-0.1, -0.05) is 0 Å². The normalized spacial score (nSPS) is 12.0. The van der Waals surface area contributed by atoms with Crippen molar-refractivity contribution in [2.75, 3.05) is 13.6 Å². The third kappa shape index (κ3) is 7.75. The van der Waals surface area contributed by atoms with E-state index in [2.05, 4.69) is 5.32 Å². The maximum absolute atomic E-state index is 11.5. The first-order chi connectivity index (χ1) is 4.56. The van der Waals surface area contributed by atoms with Crippen LogP contribution >= 0.6 is 0 Å². The van der Waals surface area contributed by atoms with E-state index in [1.165, 1.54) is 0 Å². The number of hydrogen-bond donors (Lipinski definition) is 1. The maximum Gasteiger partial charge on any atom is 0.389 e. The SMILES string of the molecule is CNCCCCC(F)(F)F. The standard InChI is InChI=1S/C6H12F3N/c1-10-5-3-2-4-6(7,8)9/h10H,2-5H2,1H3. The molecule has 0 amide bonds. The van der Waals surface area contributed by atoms with Gasteiger partial charge >= 0.3 is 6.18 Å². The number of rotatable bonds is 4. The fourth-order valence-corrected chi connectivity index (χ4v) is 0.627. The highest BCUT2D eigenvalue weighted by Crippen LogP contribution is 2.21. The van der Waals surface area contributed by atoms with Gasteiger partial charge in [-0.25, -0.2) is 0 Å². The lowest BCUT2D eigenvalue weighted by molar-refractivity contribution is -0.135. The molecule has 1 nitrogen and oxygen atoms in total. The lowest BCUT2D eigenvalue weighted by Crippen LogP contribution is -2.11. The first-order valence-electron chi connectivity index (χ1n) is 3.27. The third-order valence-corrected chi connectivity index (χ3v) is 1.14. The zero-order chi connectivity index (χ0) is 8.04. The van der Waals surface area contributed by atoms with Gasteiger partial charge in [-0.05, 0) is 26.4 Å². The Hall–Kier alpha value is -0.250. The number of hydrogen-bond acceptors (Lipinski definition) is 1. The molecule has 1 N–H and O–H groups in total. The van der Waals surface area contributed by atoms with Crippen LogP contribution in [0.3, 0.4) is 0 Å². The van der Waals surface area contributed by atoms with Crippen LogP contribution in [-0.4, -0.2) is 19.8 Å². The van der Waals surface area contributed by atoms with Crippen molar-refractivity contribution in [1.82, 2.24) is 5.32 Å². The first-order valence-corrected chi connectivity index (χ1v) is 3.27. The summed E-state index contributed by atoms with van der Waals surface area (Å²) in [6.45, 7) is 0.663. The molecule has 0 fully saturated rings. The van der Waals surface area contributed by atoms with Crippen LogP contribution in [0.1, 0.15) is 19.3 Å². The molecular formula is C6H12F3N. The van der Waals surface area contributed by atoms with Crippen LogP contribution in [0.2, 0.25) is 0 Å². The molecular weight excluding hydrogens is 143 g/mol. The van der Waals surface area contributed by atoms with Crippen LogP contribution in [0, 0.1) is 0 Å². The van der Waals surface area contributed by atoms with Gasteiger partial charge in [0.2, 0.25) is 0 Å². The van der Waals surface area contributed by atoms with E-state index >= 15 is 0 Å². The van der Waals surface area contributed by atoms with E-state index < -0.39 is 12.6 Å². The van der Waals surface area contributed by atoms with Crippen molar-refractivity contribution in [2.24, 2.45) is 0 Å². The summed E-state index contributed by atoms with van der Waals surface area (Å²) in [7, 11) is 1.73. The molecule has 0 bridgehead atoms. The fraction of sp³-hybridized carbons (Fsp3) is 1.00. The Morgan fingerprint density at radius 3 is 2.20 bits per heavy atom. The summed E-state index contributed by atoms with van der Waals surface area (Å²) >= 11 is 0. The minimum Gasteiger partial charge on any atom is -0.320 e. The third-order valence-electron chi connectivity index (χ3n) is 1.14. The molecule has 10 heavy (non-hydrogen) atoms. The quantitative estimate of drug-likeness (QED) is 0.612. The molecule has 0 aromatic carbocycles. The second-order valence-electron chi connectivity index (χ2n) is 2.18. The second kappa shape index (κ2) is 4.55. The molecule has 0 rings (SSSR count). The zero-order valence-electron chi connectivity index (χ0n) is 5.96. The van der Waals surface area contributed by atoms with Crippen LogP contribution in [-0.2, 0) is 0 Å². The average molecular weight is 155 g/mol. The van der Waals surface area contributed by atoms with E-state index in [0.29, 0.717) is 13.0 Å². The van der Waals surface area contributed by atoms with E-state index in [1.807, 2.05) is 0 Å². The fourth-order valence-electron chi connectivity index (χ4n) is 0.627. The highest BCUT2D eigenvalue weighted by atomic mass is 19.4. The van der Waals surface area contributed by atoms with Gasteiger partial charge in [0.15, 0.2) is 0 Å². The number of halogens is 3. The van der Waals surface area contributed by atoms with Gasteiger partial charge in [0.1, 0.15) is 0 Å². The van der Waals surface area contributed by atoms with Gasteiger partial charge in [-0.15, -0.1) is 0 Å². The summed E-state index contributed by atoms with van der Waals surface area (Å²) in [4.78, 5) is 0. The van der Waals surface area contributed by atoms with E-state index in [0.717, 1.165) is 0 Å². The summed E-state index contributed by atoms with van der Waals surface area (Å²) in [5.74, 6) is 0. The van der Waals surface area contributed by atoms with Gasteiger partial charge in [0, 0.05) is 6.42 Å². The van der Waals surface area contributed by atoms with Crippen LogP contribution in [0.15, 0.2) is 0 Å². The Kier molecular flexibility index (Phi) is 4.43. The topological polar surface area (TPSA) is 12.0 Å². The van der Waals surface area contributed by atoms with Gasteiger partial charge in [-0.3, -0.25) is 0 Å². The molecule has 62 valence electrons. The Morgan fingerprint density at radius 2 is 1.80 bits per heavy atom. The zero-order valence-corrected chi connectivity index (χ0v) is 5.96. The predicted octanol–water partition coefficient (Wildman–Crippen LogP) is 1.94. The van der Waals surface area contributed by atoms with Gasteiger partial charge in [0.05, 0.1) is 0 Å². The largest absolute Gasteiger partial charge is 0.389 e. The van der Waals surface area contributed by atoms with E-state index in [-0.39, 0.29) is 6.42 Å². The van der Waals surface area contributed by atoms with E-state index in [1.54, 1.807) is 7.05 Å². The predicted molar refractivity (Wildman–Crippen MR) is 33.8 cm³/mol. The van der Waals surface area contributed by atoms with Crippen molar-refractivity contribution in [1.29, 1.82) is 0 Å². The molecule has 0 radical (unpaired) electrons. The summed E-state index contributed by atoms with van der Waals surface area (Å²) < 4.78 is 34.4. The minimum absolute atomic E-state index is 0.227. The van der Waals surface area contributed by atoms with Crippen LogP contribution in [0.25, 0.3) is 0 Å². The first kappa shape index (κ1) is 9.75. The monoisotopic (exact) mass is 155 g/mol. The van der Waals surface area contributed by atoms with Crippen molar-refractivity contribution < 1.29 is 13.2 Å². The molecule has 0 saturated heterocycles. The van der Waals surface area contributed by atoms with Crippen molar-refractivity contribution in [3.63, 3.8) is 0 Å². The van der Waals surface area contributed by atoms with Gasteiger partial charge < -0.3 is 5.32 Å². The molecule has 0 aliphatic heterocycles. The number of unbranched alkanes of at least 4 members (excludes halogenated alkanes) is 1. The molecule has 0 aromatic heterocycles. The van der Waals surface area contributed by atoms with Crippen LogP contribution in [0.5, 0.6) is 0 Å². The Bertz CT molecular complexity index is 79.6. The van der Waals surface area contributed by atoms with Crippen molar-refractivity contribution >= 4 is 0 Å². The summed E-state index contributed by atoms with van der Waals surface area (Å²) in [6, 6.07) is 0. The lowest BCUT2D eigenvalue weighted by Gasteiger charge is -2.04. The Balaban J connectivity index is 3.04. The number of alkyl halides is 3. The Morgan fingerprint density at radius 1 is 1.20 bits per heavy atom. The average Bonchev–Trinajstić information content (AvgIpc) is 1.78. The van der Waals surface area contributed by atoms with E-state index in [4.69, 9.17) is 0 Å². The summed E-state index contributed by atoms with van der Waals surface area (Å²) in [5.41, 5.74) is 0. The summed E-state index contributed by atoms with van der Waals surface area (Å²) in [5, 5.41) is 2.79. The van der Waals surface area contributed by atoms with Crippen LogP contribution < -0.4 is 5.32 Å². The maximum atomic E-state index is 11.5. The Labute approximate surface area is 58.6 Å². The van der Waals surface area contributed by atoms with E-state index in [9.17, 15) is 13.2 Å². The molecule has 0 heterocycles. The minimum atomic E-state index is -3.98. The molecule has 4 heteroatoms. The highest BCUT2D eigenvalue weighted by Gasteiger charge is 2.25. The summed E-state index contributed by atoms with van der Waals surface area (Å²) in [6.07, 6.45) is -3.82. The molecule has 0 aliphatic carbocycles. The van der Waals surface area contributed by atoms with Crippen LogP contribution in [0.4, 0.5) is 13.2 Å². The highest BCUT2D eigenvalue weighted by molar-refractivity contribution is 4.51. The lowest BCUT2D eigenvalue weighted by atomic mass is 10.2. The molecule has 0 aliphatic rings. The number of nitrogens with one attached hydrogen (secondary N) is 1. The second-order valence-corrected chi connectivity index (χ2v) is 2.18. The molecule has 0 unspecified atom stereocenters. The van der Waals surface area contributed by atoms with Crippen molar-refractivity contribution in [2.45, 2.75) is 25.4 Å². The van der Waals surface area contributed by atoms with Gasteiger partial charge in [-0.2, -0.15) is 13.2 Å². The molecule has 0 aromatic rings. The molecule has 0 spiro atoms. The smallest absolute Gasteiger partial charge is 0.320 e.